The summed E-state index contributed by atoms with van der Waals surface area (Å²) < 4.78 is 10.9. The van der Waals surface area contributed by atoms with Crippen molar-refractivity contribution in [2.24, 2.45) is 0 Å². The summed E-state index contributed by atoms with van der Waals surface area (Å²) in [5.41, 5.74) is 2.88. The number of carbonyl (C=O) groups excluding carboxylic acids is 1. The van der Waals surface area contributed by atoms with Gasteiger partial charge in [0.05, 0.1) is 16.5 Å². The van der Waals surface area contributed by atoms with Crippen LogP contribution in [0, 0.1) is 13.8 Å². The molecule has 0 aliphatic heterocycles. The van der Waals surface area contributed by atoms with Crippen LogP contribution < -0.4 is 10.4 Å². The quantitative estimate of drug-likeness (QED) is 0.299. The summed E-state index contributed by atoms with van der Waals surface area (Å²) in [6.45, 7) is 3.78. The number of aryl methyl sites for hydroxylation is 2. The number of hydrogen-bond acceptors (Lipinski definition) is 5. The molecule has 4 rings (SSSR count). The first-order valence-electron chi connectivity index (χ1n) is 9.55. The third-order valence-corrected chi connectivity index (χ3v) is 5.05. The predicted octanol–water partition coefficient (Wildman–Crippen LogP) is 4.93. The van der Waals surface area contributed by atoms with E-state index in [1.54, 1.807) is 48.5 Å². The molecule has 0 radical (unpaired) electrons. The number of aromatic hydroxyl groups is 1. The van der Waals surface area contributed by atoms with Gasteiger partial charge in [0.1, 0.15) is 17.1 Å². The molecule has 1 heterocycles. The number of rotatable bonds is 4. The highest BCUT2D eigenvalue weighted by atomic mass is 16.5. The van der Waals surface area contributed by atoms with E-state index < -0.39 is 11.6 Å². The molecule has 1 N–H and O–H groups in total. The standard InChI is InChI=1S/C25H20O5/c1-15-6-5-7-16(2)23(15)30-24(27)18-12-10-17(11-13-18)14-20-22(26)19-8-3-4-9-21(19)29-25(20)28/h3-13,26H,14H2,1-2H3. The van der Waals surface area contributed by atoms with E-state index in [2.05, 4.69) is 0 Å². The minimum absolute atomic E-state index is 0.0830. The first kappa shape index (κ1) is 19.5. The zero-order valence-corrected chi connectivity index (χ0v) is 16.6. The number of hydrogen-bond donors (Lipinski definition) is 1. The molecule has 150 valence electrons. The van der Waals surface area contributed by atoms with Gasteiger partial charge in [-0.3, -0.25) is 0 Å². The maximum Gasteiger partial charge on any atom is 0.343 e. The Morgan fingerprint density at radius 2 is 1.60 bits per heavy atom. The molecular formula is C25H20O5. The Balaban J connectivity index is 1.57. The summed E-state index contributed by atoms with van der Waals surface area (Å²) in [4.78, 5) is 24.8. The molecule has 0 atom stereocenters. The molecule has 0 amide bonds. The second-order valence-electron chi connectivity index (χ2n) is 7.20. The molecule has 5 heteroatoms. The zero-order valence-electron chi connectivity index (χ0n) is 16.6. The molecule has 5 nitrogen and oxygen atoms in total. The molecule has 0 aliphatic carbocycles. The third kappa shape index (κ3) is 3.70. The molecule has 0 bridgehead atoms. The molecule has 0 saturated carbocycles. The summed E-state index contributed by atoms with van der Waals surface area (Å²) in [5, 5.41) is 11.0. The molecule has 0 fully saturated rings. The average Bonchev–Trinajstić information content (AvgIpc) is 2.74. The van der Waals surface area contributed by atoms with Crippen LogP contribution in [0.4, 0.5) is 0 Å². The van der Waals surface area contributed by atoms with Crippen molar-refractivity contribution < 1.29 is 19.1 Å². The minimum Gasteiger partial charge on any atom is -0.507 e. The number of para-hydroxylation sites is 2. The van der Waals surface area contributed by atoms with Crippen molar-refractivity contribution in [2.75, 3.05) is 0 Å². The van der Waals surface area contributed by atoms with Gasteiger partial charge in [0, 0.05) is 6.42 Å². The summed E-state index contributed by atoms with van der Waals surface area (Å²) in [7, 11) is 0. The van der Waals surface area contributed by atoms with Crippen LogP contribution in [0.25, 0.3) is 11.0 Å². The van der Waals surface area contributed by atoms with E-state index in [-0.39, 0.29) is 17.7 Å². The molecule has 0 saturated heterocycles. The maximum atomic E-state index is 12.5. The summed E-state index contributed by atoms with van der Waals surface area (Å²) in [5.74, 6) is 0.0256. The lowest BCUT2D eigenvalue weighted by atomic mass is 10.0. The van der Waals surface area contributed by atoms with Crippen molar-refractivity contribution in [1.29, 1.82) is 0 Å². The highest BCUT2D eigenvalue weighted by Crippen LogP contribution is 2.28. The molecule has 0 aliphatic rings. The monoisotopic (exact) mass is 400 g/mol. The Morgan fingerprint density at radius 1 is 0.933 bits per heavy atom. The highest BCUT2D eigenvalue weighted by Gasteiger charge is 2.16. The SMILES string of the molecule is Cc1cccc(C)c1OC(=O)c1ccc(Cc2c(O)c3ccccc3oc2=O)cc1. The Morgan fingerprint density at radius 3 is 2.30 bits per heavy atom. The van der Waals surface area contributed by atoms with Gasteiger partial charge in [-0.1, -0.05) is 42.5 Å². The summed E-state index contributed by atoms with van der Waals surface area (Å²) >= 11 is 0. The van der Waals surface area contributed by atoms with Crippen molar-refractivity contribution in [3.8, 4) is 11.5 Å². The van der Waals surface area contributed by atoms with E-state index in [0.29, 0.717) is 22.3 Å². The van der Waals surface area contributed by atoms with Gasteiger partial charge >= 0.3 is 11.6 Å². The van der Waals surface area contributed by atoms with Gasteiger partial charge in [0.25, 0.3) is 0 Å². The normalized spacial score (nSPS) is 10.9. The van der Waals surface area contributed by atoms with Crippen LogP contribution in [-0.2, 0) is 6.42 Å². The van der Waals surface area contributed by atoms with Crippen molar-refractivity contribution in [3.63, 3.8) is 0 Å². The van der Waals surface area contributed by atoms with Crippen LogP contribution in [0.15, 0.2) is 75.9 Å². The molecule has 1 aromatic heterocycles. The van der Waals surface area contributed by atoms with Crippen LogP contribution in [0.1, 0.15) is 32.6 Å². The maximum absolute atomic E-state index is 12.5. The largest absolute Gasteiger partial charge is 0.507 e. The van der Waals surface area contributed by atoms with Gasteiger partial charge in [-0.2, -0.15) is 0 Å². The first-order chi connectivity index (χ1) is 14.4. The molecule has 0 unspecified atom stereocenters. The smallest absolute Gasteiger partial charge is 0.343 e. The van der Waals surface area contributed by atoms with Gasteiger partial charge in [-0.05, 0) is 54.8 Å². The zero-order chi connectivity index (χ0) is 21.3. The number of benzene rings is 3. The van der Waals surface area contributed by atoms with Crippen LogP contribution >= 0.6 is 0 Å². The number of esters is 1. The van der Waals surface area contributed by atoms with E-state index in [9.17, 15) is 14.7 Å². The van der Waals surface area contributed by atoms with Gasteiger partial charge < -0.3 is 14.3 Å². The Labute approximate surface area is 173 Å². The Hall–Kier alpha value is -3.86. The fourth-order valence-electron chi connectivity index (χ4n) is 3.40. The van der Waals surface area contributed by atoms with Crippen LogP contribution in [0.2, 0.25) is 0 Å². The van der Waals surface area contributed by atoms with Gasteiger partial charge in [-0.25, -0.2) is 9.59 Å². The third-order valence-electron chi connectivity index (χ3n) is 5.05. The Kier molecular flexibility index (Phi) is 5.11. The fourth-order valence-corrected chi connectivity index (χ4v) is 3.40. The van der Waals surface area contributed by atoms with Gasteiger partial charge in [-0.15, -0.1) is 0 Å². The van der Waals surface area contributed by atoms with E-state index in [4.69, 9.17) is 9.15 Å². The van der Waals surface area contributed by atoms with Crippen molar-refractivity contribution in [1.82, 2.24) is 0 Å². The lowest BCUT2D eigenvalue weighted by Gasteiger charge is -2.11. The van der Waals surface area contributed by atoms with Crippen molar-refractivity contribution in [2.45, 2.75) is 20.3 Å². The average molecular weight is 400 g/mol. The van der Waals surface area contributed by atoms with Gasteiger partial charge in [0.2, 0.25) is 0 Å². The number of fused-ring (bicyclic) bond motifs is 1. The lowest BCUT2D eigenvalue weighted by molar-refractivity contribution is 0.0732. The van der Waals surface area contributed by atoms with Crippen molar-refractivity contribution >= 4 is 16.9 Å². The van der Waals surface area contributed by atoms with Crippen molar-refractivity contribution in [3.05, 3.63) is 105 Å². The summed E-state index contributed by atoms with van der Waals surface area (Å²) in [6.07, 6.45) is 0.186. The van der Waals surface area contributed by atoms with Crippen LogP contribution in [0.5, 0.6) is 11.5 Å². The lowest BCUT2D eigenvalue weighted by Crippen LogP contribution is -2.11. The number of ether oxygens (including phenoxy) is 1. The minimum atomic E-state index is -0.579. The topological polar surface area (TPSA) is 76.7 Å². The van der Waals surface area contributed by atoms with E-state index in [0.717, 1.165) is 16.7 Å². The highest BCUT2D eigenvalue weighted by molar-refractivity contribution is 5.91. The predicted molar refractivity (Wildman–Crippen MR) is 114 cm³/mol. The Bertz CT molecular complexity index is 1280. The molecular weight excluding hydrogens is 380 g/mol. The molecule has 4 aromatic rings. The fraction of sp³-hybridized carbons (Fsp3) is 0.120. The van der Waals surface area contributed by atoms with E-state index in [1.165, 1.54) is 0 Å². The second kappa shape index (κ2) is 7.87. The van der Waals surface area contributed by atoms with Crippen LogP contribution in [-0.4, -0.2) is 11.1 Å². The summed E-state index contributed by atoms with van der Waals surface area (Å²) in [6, 6.07) is 19.3. The molecule has 30 heavy (non-hydrogen) atoms. The number of carbonyl (C=O) groups is 1. The van der Waals surface area contributed by atoms with Gasteiger partial charge in [0.15, 0.2) is 0 Å². The second-order valence-corrected chi connectivity index (χ2v) is 7.20. The van der Waals surface area contributed by atoms with E-state index >= 15 is 0 Å². The molecule has 3 aromatic carbocycles. The van der Waals surface area contributed by atoms with E-state index in [1.807, 2.05) is 32.0 Å². The van der Waals surface area contributed by atoms with Crippen LogP contribution in [0.3, 0.4) is 0 Å². The molecule has 0 spiro atoms. The first-order valence-corrected chi connectivity index (χ1v) is 9.55.